The summed E-state index contributed by atoms with van der Waals surface area (Å²) in [6.45, 7) is 5.90. The van der Waals surface area contributed by atoms with E-state index in [2.05, 4.69) is 10.1 Å². The number of rotatable bonds is 5. The Morgan fingerprint density at radius 3 is 2.32 bits per heavy atom. The van der Waals surface area contributed by atoms with Gasteiger partial charge in [-0.25, -0.2) is 9.67 Å². The summed E-state index contributed by atoms with van der Waals surface area (Å²) in [5, 5.41) is 15.4. The molecular formula is C20H23N3O2. The Bertz CT molecular complexity index is 810. The number of hydrogen-bond acceptors (Lipinski definition) is 4. The summed E-state index contributed by atoms with van der Waals surface area (Å²) in [5.41, 5.74) is 0.228. The molecule has 0 aliphatic rings. The highest BCUT2D eigenvalue weighted by Gasteiger charge is 2.44. The maximum atomic E-state index is 11.3. The Labute approximate surface area is 147 Å². The molecule has 2 aromatic carbocycles. The molecule has 130 valence electrons. The van der Waals surface area contributed by atoms with Crippen LogP contribution in [0.25, 0.3) is 11.1 Å². The van der Waals surface area contributed by atoms with Gasteiger partial charge in [0.25, 0.3) is 0 Å². The summed E-state index contributed by atoms with van der Waals surface area (Å²) in [7, 11) is 0. The molecule has 5 heteroatoms. The van der Waals surface area contributed by atoms with Crippen LogP contribution in [0.5, 0.6) is 5.75 Å². The standard InChI is InChI=1S/C20H23N3O2/c1-19(2,3)20(24,23-15-21-14-22-23)13-25-18-12-8-7-11-17(18)16-9-5-4-6-10-16/h4-12,14-15,24H,13H2,1-3H3. The van der Waals surface area contributed by atoms with Gasteiger partial charge in [-0.2, -0.15) is 5.10 Å². The maximum Gasteiger partial charge on any atom is 0.198 e. The minimum atomic E-state index is -1.33. The molecule has 0 saturated heterocycles. The first-order valence-electron chi connectivity index (χ1n) is 8.26. The van der Waals surface area contributed by atoms with E-state index in [4.69, 9.17) is 4.74 Å². The molecule has 1 unspecified atom stereocenters. The van der Waals surface area contributed by atoms with E-state index in [0.717, 1.165) is 16.9 Å². The molecule has 1 atom stereocenters. The topological polar surface area (TPSA) is 60.2 Å². The average Bonchev–Trinajstić information content (AvgIpc) is 3.15. The third kappa shape index (κ3) is 3.42. The molecule has 25 heavy (non-hydrogen) atoms. The summed E-state index contributed by atoms with van der Waals surface area (Å²) in [4.78, 5) is 3.96. The molecule has 0 fully saturated rings. The molecule has 1 aromatic heterocycles. The molecule has 0 aliphatic heterocycles. The Balaban J connectivity index is 1.91. The lowest BCUT2D eigenvalue weighted by atomic mass is 9.83. The molecular weight excluding hydrogens is 314 g/mol. The van der Waals surface area contributed by atoms with Crippen molar-refractivity contribution in [3.63, 3.8) is 0 Å². The van der Waals surface area contributed by atoms with Crippen molar-refractivity contribution in [3.8, 4) is 16.9 Å². The fraction of sp³-hybridized carbons (Fsp3) is 0.300. The lowest BCUT2D eigenvalue weighted by molar-refractivity contribution is -0.161. The van der Waals surface area contributed by atoms with E-state index >= 15 is 0 Å². The van der Waals surface area contributed by atoms with Gasteiger partial charge in [0, 0.05) is 11.0 Å². The third-order valence-corrected chi connectivity index (χ3v) is 4.40. The molecule has 1 heterocycles. The number of ether oxygens (including phenoxy) is 1. The largest absolute Gasteiger partial charge is 0.488 e. The van der Waals surface area contributed by atoms with Crippen LogP contribution in [-0.2, 0) is 5.72 Å². The first-order valence-corrected chi connectivity index (χ1v) is 8.26. The second-order valence-electron chi connectivity index (χ2n) is 7.06. The minimum absolute atomic E-state index is 0.0592. The quantitative estimate of drug-likeness (QED) is 0.771. The Hall–Kier alpha value is -2.66. The smallest absolute Gasteiger partial charge is 0.198 e. The lowest BCUT2D eigenvalue weighted by Crippen LogP contribution is -2.50. The van der Waals surface area contributed by atoms with Gasteiger partial charge in [-0.15, -0.1) is 0 Å². The van der Waals surface area contributed by atoms with Crippen LogP contribution >= 0.6 is 0 Å². The van der Waals surface area contributed by atoms with Crippen molar-refractivity contribution >= 4 is 0 Å². The van der Waals surface area contributed by atoms with Crippen molar-refractivity contribution in [2.24, 2.45) is 5.41 Å². The molecule has 0 aliphatic carbocycles. The van der Waals surface area contributed by atoms with Gasteiger partial charge >= 0.3 is 0 Å². The predicted molar refractivity (Wildman–Crippen MR) is 97.0 cm³/mol. The third-order valence-electron chi connectivity index (χ3n) is 4.40. The summed E-state index contributed by atoms with van der Waals surface area (Å²) in [6.07, 6.45) is 2.92. The maximum absolute atomic E-state index is 11.3. The fourth-order valence-electron chi connectivity index (χ4n) is 2.65. The first-order chi connectivity index (χ1) is 11.9. The van der Waals surface area contributed by atoms with Crippen LogP contribution in [0.1, 0.15) is 20.8 Å². The monoisotopic (exact) mass is 337 g/mol. The van der Waals surface area contributed by atoms with Crippen LogP contribution < -0.4 is 4.74 Å². The zero-order valence-electron chi connectivity index (χ0n) is 14.8. The Morgan fingerprint density at radius 2 is 1.68 bits per heavy atom. The molecule has 3 rings (SSSR count). The molecule has 0 bridgehead atoms. The van der Waals surface area contributed by atoms with E-state index < -0.39 is 11.1 Å². The Morgan fingerprint density at radius 1 is 1.00 bits per heavy atom. The SMILES string of the molecule is CC(C)(C)C(O)(COc1ccccc1-c1ccccc1)n1cncn1. The highest BCUT2D eigenvalue weighted by molar-refractivity contribution is 5.70. The van der Waals surface area contributed by atoms with Gasteiger partial charge in [0.15, 0.2) is 5.72 Å². The summed E-state index contributed by atoms with van der Waals surface area (Å²) in [6, 6.07) is 17.9. The van der Waals surface area contributed by atoms with Crippen molar-refractivity contribution in [2.75, 3.05) is 6.61 Å². The van der Waals surface area contributed by atoms with E-state index in [-0.39, 0.29) is 6.61 Å². The number of benzene rings is 2. The van der Waals surface area contributed by atoms with Crippen molar-refractivity contribution in [2.45, 2.75) is 26.5 Å². The molecule has 0 radical (unpaired) electrons. The molecule has 5 nitrogen and oxygen atoms in total. The van der Waals surface area contributed by atoms with Gasteiger partial charge in [0.2, 0.25) is 0 Å². The zero-order valence-corrected chi connectivity index (χ0v) is 14.8. The van der Waals surface area contributed by atoms with E-state index in [1.54, 1.807) is 0 Å². The van der Waals surface area contributed by atoms with Gasteiger partial charge in [0.05, 0.1) is 0 Å². The van der Waals surface area contributed by atoms with Gasteiger partial charge in [-0.3, -0.25) is 0 Å². The molecule has 0 amide bonds. The van der Waals surface area contributed by atoms with Crippen molar-refractivity contribution in [1.82, 2.24) is 14.8 Å². The number of aliphatic hydroxyl groups is 1. The van der Waals surface area contributed by atoms with E-state index in [9.17, 15) is 5.11 Å². The average molecular weight is 337 g/mol. The van der Waals surface area contributed by atoms with Crippen LogP contribution in [0.2, 0.25) is 0 Å². The lowest BCUT2D eigenvalue weighted by Gasteiger charge is -2.39. The Kier molecular flexibility index (Phi) is 4.59. The summed E-state index contributed by atoms with van der Waals surface area (Å²) < 4.78 is 7.52. The van der Waals surface area contributed by atoms with E-state index in [1.807, 2.05) is 75.4 Å². The summed E-state index contributed by atoms with van der Waals surface area (Å²) >= 11 is 0. The second-order valence-corrected chi connectivity index (χ2v) is 7.06. The van der Waals surface area contributed by atoms with Crippen LogP contribution in [0.3, 0.4) is 0 Å². The minimum Gasteiger partial charge on any atom is -0.488 e. The van der Waals surface area contributed by atoms with Crippen molar-refractivity contribution < 1.29 is 9.84 Å². The molecule has 1 N–H and O–H groups in total. The van der Waals surface area contributed by atoms with E-state index in [1.165, 1.54) is 17.3 Å². The normalized spacial score (nSPS) is 14.1. The zero-order chi connectivity index (χ0) is 17.9. The van der Waals surface area contributed by atoms with Gasteiger partial charge in [-0.05, 0) is 11.6 Å². The van der Waals surface area contributed by atoms with Crippen LogP contribution in [0.4, 0.5) is 0 Å². The predicted octanol–water partition coefficient (Wildman–Crippen LogP) is 3.72. The van der Waals surface area contributed by atoms with Crippen molar-refractivity contribution in [3.05, 3.63) is 67.3 Å². The van der Waals surface area contributed by atoms with Gasteiger partial charge < -0.3 is 9.84 Å². The van der Waals surface area contributed by atoms with Crippen LogP contribution in [0.15, 0.2) is 67.3 Å². The molecule has 3 aromatic rings. The number of nitrogens with zero attached hydrogens (tertiary/aromatic N) is 3. The number of para-hydroxylation sites is 1. The molecule has 0 saturated carbocycles. The van der Waals surface area contributed by atoms with Crippen molar-refractivity contribution in [1.29, 1.82) is 0 Å². The van der Waals surface area contributed by atoms with Gasteiger partial charge in [-0.1, -0.05) is 69.3 Å². The highest BCUT2D eigenvalue weighted by Crippen LogP contribution is 2.36. The number of hydrogen-bond donors (Lipinski definition) is 1. The fourth-order valence-corrected chi connectivity index (χ4v) is 2.65. The first kappa shape index (κ1) is 17.2. The second kappa shape index (κ2) is 6.69. The van der Waals surface area contributed by atoms with Crippen LogP contribution in [0, 0.1) is 5.41 Å². The number of aromatic nitrogens is 3. The summed E-state index contributed by atoms with van der Waals surface area (Å²) in [5.74, 6) is 0.719. The molecule has 0 spiro atoms. The van der Waals surface area contributed by atoms with Gasteiger partial charge in [0.1, 0.15) is 25.0 Å². The van der Waals surface area contributed by atoms with E-state index in [0.29, 0.717) is 0 Å². The highest BCUT2D eigenvalue weighted by atomic mass is 16.5. The van der Waals surface area contributed by atoms with Crippen LogP contribution in [-0.4, -0.2) is 26.5 Å².